The summed E-state index contributed by atoms with van der Waals surface area (Å²) >= 11 is 1.54. The summed E-state index contributed by atoms with van der Waals surface area (Å²) in [5.74, 6) is -1.70. The number of aryl methyl sites for hydroxylation is 1. The number of aldehydes is 1. The highest BCUT2D eigenvalue weighted by atomic mass is 32.2. The van der Waals surface area contributed by atoms with Gasteiger partial charge in [-0.15, -0.1) is 0 Å². The fraction of sp³-hybridized carbons (Fsp3) is 0.418. The number of hydrogen-bond acceptors (Lipinski definition) is 15. The summed E-state index contributed by atoms with van der Waals surface area (Å²) in [6.07, 6.45) is 3.45. The molecule has 3 fully saturated rings. The summed E-state index contributed by atoms with van der Waals surface area (Å²) in [6.45, 7) is 10.7. The van der Waals surface area contributed by atoms with E-state index in [1.54, 1.807) is 53.6 Å². The Morgan fingerprint density at radius 2 is 1.68 bits per heavy atom. The molecule has 0 aliphatic carbocycles. The van der Waals surface area contributed by atoms with Gasteiger partial charge in [-0.3, -0.25) is 34.9 Å². The van der Waals surface area contributed by atoms with Crippen LogP contribution in [0.3, 0.4) is 0 Å². The van der Waals surface area contributed by atoms with Crippen LogP contribution in [-0.4, -0.2) is 129 Å². The van der Waals surface area contributed by atoms with Crippen molar-refractivity contribution in [1.82, 2.24) is 29.0 Å². The van der Waals surface area contributed by atoms with E-state index in [1.165, 1.54) is 19.2 Å². The highest BCUT2D eigenvalue weighted by Crippen LogP contribution is 2.43. The molecule has 0 spiro atoms. The van der Waals surface area contributed by atoms with Crippen molar-refractivity contribution in [2.24, 2.45) is 5.92 Å². The molecule has 4 aliphatic rings. The first-order valence-corrected chi connectivity index (χ1v) is 26.2. The molecule has 6 heterocycles. The number of aromatic nitrogens is 2. The minimum absolute atomic E-state index is 0.0379. The number of piperidine rings is 2. The van der Waals surface area contributed by atoms with Gasteiger partial charge in [0.2, 0.25) is 5.91 Å². The maximum absolute atomic E-state index is 13.9. The highest BCUT2D eigenvalue weighted by Gasteiger charge is 2.49. The van der Waals surface area contributed by atoms with E-state index in [1.807, 2.05) is 56.0 Å². The molecule has 1 atom stereocenters. The van der Waals surface area contributed by atoms with Crippen molar-refractivity contribution in [3.63, 3.8) is 0 Å². The number of methoxy groups -OCH3 is 1. The molecule has 394 valence electrons. The van der Waals surface area contributed by atoms with Crippen molar-refractivity contribution in [3.8, 4) is 28.6 Å². The Morgan fingerprint density at radius 1 is 0.973 bits per heavy atom. The molecular weight excluding hydrogens is 979 g/mol. The lowest BCUT2D eigenvalue weighted by atomic mass is 9.94. The Balaban J connectivity index is 0.783. The molecule has 1 unspecified atom stereocenters. The van der Waals surface area contributed by atoms with E-state index in [2.05, 4.69) is 9.62 Å². The smallest absolute Gasteiger partial charge is 0.415 e. The van der Waals surface area contributed by atoms with Crippen LogP contribution in [0.5, 0.6) is 17.2 Å². The number of rotatable bonds is 14. The van der Waals surface area contributed by atoms with Gasteiger partial charge in [-0.1, -0.05) is 20.8 Å². The average Bonchev–Trinajstić information content (AvgIpc) is 4.13. The van der Waals surface area contributed by atoms with E-state index >= 15 is 0 Å². The van der Waals surface area contributed by atoms with E-state index in [4.69, 9.17) is 30.0 Å². The summed E-state index contributed by atoms with van der Waals surface area (Å²) in [6, 6.07) is 16.9. The number of ether oxygens (including phenoxy) is 3. The van der Waals surface area contributed by atoms with Crippen LogP contribution in [-0.2, 0) is 49.0 Å². The van der Waals surface area contributed by atoms with Crippen LogP contribution >= 0.6 is 11.9 Å². The second-order valence-electron chi connectivity index (χ2n) is 19.8. The number of amides is 3. The van der Waals surface area contributed by atoms with Gasteiger partial charge < -0.3 is 44.1 Å². The number of epoxide rings is 1. The van der Waals surface area contributed by atoms with E-state index < -0.39 is 23.4 Å². The topological polar surface area (TPSA) is 247 Å². The minimum Gasteiger partial charge on any atom is -0.508 e. The molecule has 0 bridgehead atoms. The number of nitrogens with one attached hydrogen (secondary N) is 3. The maximum atomic E-state index is 13.9. The first kappa shape index (κ1) is 52.7. The number of likely N-dealkylation sites (tertiary alicyclic amines) is 1. The van der Waals surface area contributed by atoms with E-state index in [0.29, 0.717) is 110 Å². The lowest BCUT2D eigenvalue weighted by molar-refractivity contribution is -0.138. The molecular formula is C55H63N9O10S. The zero-order valence-corrected chi connectivity index (χ0v) is 43.8. The van der Waals surface area contributed by atoms with E-state index in [0.717, 1.165) is 32.6 Å². The van der Waals surface area contributed by atoms with E-state index in [-0.39, 0.29) is 72.0 Å². The van der Waals surface area contributed by atoms with Gasteiger partial charge in [-0.25, -0.2) is 14.1 Å². The number of pyridine rings is 2. The average molecular weight is 1040 g/mol. The van der Waals surface area contributed by atoms with Crippen LogP contribution in [0.4, 0.5) is 10.5 Å². The van der Waals surface area contributed by atoms with Gasteiger partial charge in [0, 0.05) is 97.6 Å². The molecule has 19 nitrogen and oxygen atoms in total. The van der Waals surface area contributed by atoms with Crippen LogP contribution in [0.15, 0.2) is 70.4 Å². The lowest BCUT2D eigenvalue weighted by Gasteiger charge is -2.39. The number of phenolic OH excluding ortho intramolecular Hbond substituents is 2. The quantitative estimate of drug-likeness (QED) is 0.0246. The van der Waals surface area contributed by atoms with Crippen molar-refractivity contribution in [2.75, 3.05) is 58.4 Å². The third kappa shape index (κ3) is 10.2. The normalized spacial score (nSPS) is 17.6. The number of benzene rings is 3. The SMILES string of the molecule is CCNC(=O)C(=N)N(C(=N)c1cc(C(C)C)c(O)cc1O)c1ccc(SN2CCC(C(=O)N3CCC(N(C)C(=O)Oc4ccc5nc6c(c(CC)c5c4)Cn4c-6cc(C5(C=O)CO5)c(COC)c4=O)CC3)CC2)cc1. The first-order valence-electron chi connectivity index (χ1n) is 25.4. The molecule has 5 N–H and O–H groups in total. The van der Waals surface area contributed by atoms with Crippen molar-refractivity contribution < 1.29 is 43.6 Å². The van der Waals surface area contributed by atoms with Gasteiger partial charge in [-0.2, -0.15) is 0 Å². The highest BCUT2D eigenvalue weighted by molar-refractivity contribution is 7.97. The molecule has 3 aromatic carbocycles. The molecule has 2 aromatic heterocycles. The van der Waals surface area contributed by atoms with Crippen molar-refractivity contribution in [1.29, 1.82) is 10.8 Å². The van der Waals surface area contributed by atoms with Gasteiger partial charge in [-0.05, 0) is 123 Å². The predicted molar refractivity (Wildman–Crippen MR) is 284 cm³/mol. The second kappa shape index (κ2) is 21.6. The molecule has 4 aliphatic heterocycles. The third-order valence-corrected chi connectivity index (χ3v) is 16.0. The molecule has 5 aromatic rings. The number of hydrogen-bond donors (Lipinski definition) is 5. The van der Waals surface area contributed by atoms with Crippen molar-refractivity contribution in [3.05, 3.63) is 104 Å². The predicted octanol–water partition coefficient (Wildman–Crippen LogP) is 6.88. The number of nitrogens with zero attached hydrogens (tertiary/aromatic N) is 6. The molecule has 0 radical (unpaired) electrons. The number of likely N-dealkylation sites (N-methyl/N-ethyl adjacent to an activating group) is 1. The van der Waals surface area contributed by atoms with Crippen LogP contribution in [0.25, 0.3) is 22.3 Å². The van der Waals surface area contributed by atoms with Gasteiger partial charge in [0.25, 0.3) is 11.5 Å². The van der Waals surface area contributed by atoms with Gasteiger partial charge in [0.1, 0.15) is 23.1 Å². The van der Waals surface area contributed by atoms with Crippen LogP contribution in [0.1, 0.15) is 92.7 Å². The van der Waals surface area contributed by atoms with Crippen molar-refractivity contribution >= 4 is 64.4 Å². The van der Waals surface area contributed by atoms with Gasteiger partial charge >= 0.3 is 6.09 Å². The fourth-order valence-electron chi connectivity index (χ4n) is 10.6. The number of phenols is 2. The van der Waals surface area contributed by atoms with Gasteiger partial charge in [0.15, 0.2) is 17.7 Å². The Kier molecular flexibility index (Phi) is 15.2. The Labute approximate surface area is 438 Å². The Bertz CT molecular complexity index is 3160. The van der Waals surface area contributed by atoms with E-state index in [9.17, 15) is 34.2 Å². The summed E-state index contributed by atoms with van der Waals surface area (Å²) < 4.78 is 20.8. The number of amidine groups is 2. The van der Waals surface area contributed by atoms with Crippen LogP contribution in [0.2, 0.25) is 0 Å². The number of anilines is 1. The molecule has 20 heteroatoms. The summed E-state index contributed by atoms with van der Waals surface area (Å²) in [4.78, 5) is 77.0. The standard InChI is InChI=1S/C55H63N9O10S/c1-7-37-39-23-35(11-14-44(39)59-48-41(37)27-63-45(48)25-43(55(29-65)30-73-55)42(28-72-6)53(63)70)74-54(71)60(5)33-17-19-61(20-18-33)52(69)32-15-21-62(22-16-32)75-36-12-9-34(10-13-36)64(50(57)51(68)58-8-2)49(56)40-24-38(31(3)4)46(66)26-47(40)67/h9-14,23-26,29,31-33,56-57,66-67H,7-8,15-22,27-28,30H2,1-6H3,(H,58,68). The summed E-state index contributed by atoms with van der Waals surface area (Å²) in [7, 11) is 3.23. The Hall–Kier alpha value is -7.13. The van der Waals surface area contributed by atoms with Crippen molar-refractivity contribution in [2.45, 2.75) is 95.4 Å². The number of carbonyl (C=O) groups is 4. The maximum Gasteiger partial charge on any atom is 0.415 e. The minimum atomic E-state index is -1.16. The first-order chi connectivity index (χ1) is 36.0. The molecule has 3 saturated heterocycles. The zero-order valence-electron chi connectivity index (χ0n) is 43.0. The number of fused-ring (bicyclic) bond motifs is 4. The van der Waals surface area contributed by atoms with Gasteiger partial charge in [0.05, 0.1) is 42.2 Å². The molecule has 9 rings (SSSR count). The zero-order chi connectivity index (χ0) is 53.5. The van der Waals surface area contributed by atoms with Crippen LogP contribution < -0.4 is 20.5 Å². The fourth-order valence-corrected chi connectivity index (χ4v) is 11.5. The molecule has 0 saturated carbocycles. The van der Waals surface area contributed by atoms with Crippen LogP contribution in [0, 0.1) is 16.7 Å². The largest absolute Gasteiger partial charge is 0.508 e. The number of aromatic hydroxyl groups is 2. The monoisotopic (exact) mass is 1040 g/mol. The molecule has 75 heavy (non-hydrogen) atoms. The second-order valence-corrected chi connectivity index (χ2v) is 21.0. The third-order valence-electron chi connectivity index (χ3n) is 14.8. The summed E-state index contributed by atoms with van der Waals surface area (Å²) in [5, 5.41) is 42.5. The lowest BCUT2D eigenvalue weighted by Crippen LogP contribution is -2.50. The summed E-state index contributed by atoms with van der Waals surface area (Å²) in [5.41, 5.74) is 4.27. The number of carbonyl (C=O) groups excluding carboxylic acids is 4. The Morgan fingerprint density at radius 3 is 2.31 bits per heavy atom. The molecule has 3 amide bonds.